The maximum Gasteiger partial charge on any atom is 0.338 e. The monoisotopic (exact) mass is 709 g/mol. The summed E-state index contributed by atoms with van der Waals surface area (Å²) in [5.41, 5.74) is 2.91. The lowest BCUT2D eigenvalue weighted by atomic mass is 9.82. The van der Waals surface area contributed by atoms with Gasteiger partial charge in [0.05, 0.1) is 23.5 Å². The molecule has 6 rings (SSSR count). The van der Waals surface area contributed by atoms with Gasteiger partial charge in [-0.1, -0.05) is 73.3 Å². The van der Waals surface area contributed by atoms with Gasteiger partial charge in [0.15, 0.2) is 5.78 Å². The highest BCUT2D eigenvalue weighted by Gasteiger charge is 2.44. The summed E-state index contributed by atoms with van der Waals surface area (Å²) in [6.07, 6.45) is 10.1. The molecule has 1 aromatic heterocycles. The summed E-state index contributed by atoms with van der Waals surface area (Å²) in [4.78, 5) is 43.2. The molecule has 0 radical (unpaired) electrons. The maximum atomic E-state index is 14.5. The summed E-state index contributed by atoms with van der Waals surface area (Å²) in [7, 11) is 0. The molecule has 0 unspecified atom stereocenters. The Balaban J connectivity index is 1.32. The number of ketones is 1. The fourth-order valence-corrected chi connectivity index (χ4v) is 7.17. The van der Waals surface area contributed by atoms with Crippen molar-refractivity contribution < 1.29 is 23.9 Å². The van der Waals surface area contributed by atoms with Crippen molar-refractivity contribution in [3.05, 3.63) is 112 Å². The summed E-state index contributed by atoms with van der Waals surface area (Å²) in [6.45, 7) is 5.81. The van der Waals surface area contributed by atoms with Crippen molar-refractivity contribution in [1.82, 2.24) is 25.1 Å². The van der Waals surface area contributed by atoms with Crippen LogP contribution in [0.25, 0.3) is 11.8 Å². The SMILES string of the molecule is CC(C)(C)OC(=O)c1ccc(CC(=O)[C@@H]2[C@H](OC3CCCCC3)C[C@H](c3ccccc3)CN2C(=O)/C=C/c2cc(Cl)ccc2-n2cnnn2)cc1. The van der Waals surface area contributed by atoms with Gasteiger partial charge >= 0.3 is 5.97 Å². The Labute approximate surface area is 303 Å². The van der Waals surface area contributed by atoms with Crippen molar-refractivity contribution in [3.63, 3.8) is 0 Å². The van der Waals surface area contributed by atoms with Crippen molar-refractivity contribution in [2.24, 2.45) is 0 Å². The molecule has 51 heavy (non-hydrogen) atoms. The number of ether oxygens (including phenoxy) is 2. The number of halogens is 1. The van der Waals surface area contributed by atoms with E-state index in [0.717, 1.165) is 36.8 Å². The van der Waals surface area contributed by atoms with Crippen LogP contribution < -0.4 is 0 Å². The van der Waals surface area contributed by atoms with E-state index in [1.54, 1.807) is 53.4 Å². The average molecular weight is 710 g/mol. The molecule has 10 nitrogen and oxygen atoms in total. The van der Waals surface area contributed by atoms with E-state index < -0.39 is 23.7 Å². The van der Waals surface area contributed by atoms with E-state index in [4.69, 9.17) is 21.1 Å². The summed E-state index contributed by atoms with van der Waals surface area (Å²) in [5, 5.41) is 12.0. The molecule has 4 aromatic rings. The van der Waals surface area contributed by atoms with Crippen LogP contribution in [0.1, 0.15) is 92.3 Å². The number of rotatable bonds is 10. The van der Waals surface area contributed by atoms with Gasteiger partial charge < -0.3 is 14.4 Å². The minimum absolute atomic E-state index is 0.0273. The summed E-state index contributed by atoms with van der Waals surface area (Å²) in [6, 6.07) is 21.4. The average Bonchev–Trinajstić information content (AvgIpc) is 3.66. The fraction of sp³-hybridized carbons (Fsp3) is 0.400. The molecule has 1 aliphatic carbocycles. The van der Waals surface area contributed by atoms with Gasteiger partial charge in [-0.15, -0.1) is 5.10 Å². The minimum Gasteiger partial charge on any atom is -0.456 e. The Morgan fingerprint density at radius 2 is 1.71 bits per heavy atom. The number of carbonyl (C=O) groups is 3. The molecule has 11 heteroatoms. The van der Waals surface area contributed by atoms with Gasteiger partial charge in [-0.3, -0.25) is 9.59 Å². The number of aromatic nitrogens is 4. The van der Waals surface area contributed by atoms with Gasteiger partial charge in [0, 0.05) is 35.5 Å². The van der Waals surface area contributed by atoms with Crippen LogP contribution in [-0.4, -0.2) is 73.2 Å². The van der Waals surface area contributed by atoms with Gasteiger partial charge in [0.25, 0.3) is 0 Å². The smallest absolute Gasteiger partial charge is 0.338 e. The summed E-state index contributed by atoms with van der Waals surface area (Å²) in [5.74, 6) is -0.885. The van der Waals surface area contributed by atoms with Crippen molar-refractivity contribution >= 4 is 35.3 Å². The van der Waals surface area contributed by atoms with E-state index in [1.165, 1.54) is 23.5 Å². The molecule has 1 saturated carbocycles. The first kappa shape index (κ1) is 36.1. The topological polar surface area (TPSA) is 117 Å². The Bertz CT molecular complexity index is 1830. The standard InChI is InChI=1S/C40H44ClN5O5/c1-40(2,3)51-39(49)29-16-14-27(15-17-29)22-35(47)38-36(50-33-12-8-5-9-13-33)24-31(28-10-6-4-7-11-28)25-45(38)37(48)21-18-30-23-32(41)19-20-34(30)46-26-42-43-44-46/h4,6-7,10-11,14-21,23,26,31,33,36,38H,5,8-9,12-13,22,24-25H2,1-3H3/b21-18+/t31-,36+,38+/m0/s1. The van der Waals surface area contributed by atoms with Crippen molar-refractivity contribution in [2.45, 2.75) is 95.5 Å². The highest BCUT2D eigenvalue weighted by molar-refractivity contribution is 6.30. The number of esters is 1. The number of benzene rings is 3. The van der Waals surface area contributed by atoms with Crippen molar-refractivity contribution in [3.8, 4) is 5.69 Å². The number of Topliss-reactive ketones (excluding diaryl/α,β-unsaturated/α-hetero) is 1. The van der Waals surface area contributed by atoms with Crippen LogP contribution in [0.4, 0.5) is 0 Å². The Morgan fingerprint density at radius 3 is 2.39 bits per heavy atom. The zero-order valence-electron chi connectivity index (χ0n) is 29.3. The molecular weight excluding hydrogens is 666 g/mol. The lowest BCUT2D eigenvalue weighted by molar-refractivity contribution is -0.152. The van der Waals surface area contributed by atoms with Crippen molar-refractivity contribution in [1.29, 1.82) is 0 Å². The first-order chi connectivity index (χ1) is 24.5. The second-order valence-electron chi connectivity index (χ2n) is 14.3. The predicted molar refractivity (Wildman–Crippen MR) is 195 cm³/mol. The zero-order chi connectivity index (χ0) is 36.0. The number of hydrogen-bond donors (Lipinski definition) is 0. The fourth-order valence-electron chi connectivity index (χ4n) is 6.99. The van der Waals surface area contributed by atoms with E-state index in [0.29, 0.717) is 34.8 Å². The van der Waals surface area contributed by atoms with Gasteiger partial charge in [-0.05, 0) is 98.0 Å². The van der Waals surface area contributed by atoms with Crippen LogP contribution in [0.3, 0.4) is 0 Å². The number of piperidine rings is 1. The Morgan fingerprint density at radius 1 is 0.961 bits per heavy atom. The highest BCUT2D eigenvalue weighted by Crippen LogP contribution is 2.36. The number of amides is 1. The number of carbonyl (C=O) groups excluding carboxylic acids is 3. The quantitative estimate of drug-likeness (QED) is 0.125. The molecule has 1 aliphatic heterocycles. The van der Waals surface area contributed by atoms with Crippen LogP contribution in [0.2, 0.25) is 5.02 Å². The normalized spacial score (nSPS) is 20.0. The molecule has 0 bridgehead atoms. The lowest BCUT2D eigenvalue weighted by Crippen LogP contribution is -2.58. The van der Waals surface area contributed by atoms with Gasteiger partial charge in [-0.2, -0.15) is 4.68 Å². The third-order valence-electron chi connectivity index (χ3n) is 9.38. The number of likely N-dealkylation sites (tertiary alicyclic amines) is 1. The van der Waals surface area contributed by atoms with Crippen LogP contribution >= 0.6 is 11.6 Å². The number of hydrogen-bond acceptors (Lipinski definition) is 8. The molecule has 3 atom stereocenters. The van der Waals surface area contributed by atoms with Gasteiger partial charge in [0.1, 0.15) is 18.0 Å². The number of nitrogens with zero attached hydrogens (tertiary/aromatic N) is 5. The van der Waals surface area contributed by atoms with E-state index >= 15 is 0 Å². The Hall–Kier alpha value is -4.67. The minimum atomic E-state index is -0.812. The predicted octanol–water partition coefficient (Wildman–Crippen LogP) is 7.20. The lowest BCUT2D eigenvalue weighted by Gasteiger charge is -2.45. The first-order valence-electron chi connectivity index (χ1n) is 17.6. The molecule has 2 aliphatic rings. The first-order valence-corrected chi connectivity index (χ1v) is 18.0. The second-order valence-corrected chi connectivity index (χ2v) is 14.8. The van der Waals surface area contributed by atoms with Gasteiger partial charge in [-0.25, -0.2) is 4.79 Å². The molecule has 0 spiro atoms. The van der Waals surface area contributed by atoms with Crippen LogP contribution in [0, 0.1) is 0 Å². The third kappa shape index (κ3) is 9.36. The molecule has 1 amide bonds. The maximum absolute atomic E-state index is 14.5. The largest absolute Gasteiger partial charge is 0.456 e. The molecule has 266 valence electrons. The van der Waals surface area contributed by atoms with E-state index in [2.05, 4.69) is 27.7 Å². The zero-order valence-corrected chi connectivity index (χ0v) is 30.0. The molecule has 2 fully saturated rings. The van der Waals surface area contributed by atoms with E-state index in [-0.39, 0.29) is 30.1 Å². The van der Waals surface area contributed by atoms with E-state index in [9.17, 15) is 14.4 Å². The Kier molecular flexibility index (Phi) is 11.4. The molecule has 1 saturated heterocycles. The van der Waals surface area contributed by atoms with Crippen LogP contribution in [0.15, 0.2) is 85.2 Å². The number of tetrazole rings is 1. The summed E-state index contributed by atoms with van der Waals surface area (Å²) < 4.78 is 13.8. The van der Waals surface area contributed by atoms with Crippen LogP contribution in [-0.2, 0) is 25.5 Å². The third-order valence-corrected chi connectivity index (χ3v) is 9.62. The summed E-state index contributed by atoms with van der Waals surface area (Å²) >= 11 is 6.36. The molecular formula is C40H44ClN5O5. The molecule has 0 N–H and O–H groups in total. The van der Waals surface area contributed by atoms with Crippen molar-refractivity contribution in [2.75, 3.05) is 6.54 Å². The second kappa shape index (κ2) is 16.1. The molecule has 3 aromatic carbocycles. The highest BCUT2D eigenvalue weighted by atomic mass is 35.5. The van der Waals surface area contributed by atoms with E-state index in [1.807, 2.05) is 39.0 Å². The molecule has 2 heterocycles. The van der Waals surface area contributed by atoms with Gasteiger partial charge in [0.2, 0.25) is 5.91 Å². The van der Waals surface area contributed by atoms with Crippen LogP contribution in [0.5, 0.6) is 0 Å².